The molecule has 0 spiro atoms. The number of carboxylic acid groups (broad SMARTS) is 1. The summed E-state index contributed by atoms with van der Waals surface area (Å²) in [6, 6.07) is 48.2. The fraction of sp³-hybridized carbons (Fsp3) is 0.182. The molecule has 1 N–H and O–H groups in total. The Balaban J connectivity index is 1.27. The number of ether oxygens (including phenoxy) is 2. The number of methoxy groups -OCH3 is 1. The van der Waals surface area contributed by atoms with Gasteiger partial charge in [-0.15, -0.1) is 5.12 Å². The number of aromatic nitrogens is 1. The van der Waals surface area contributed by atoms with Crippen LogP contribution < -0.4 is 19.9 Å². The molecule has 9 heteroatoms. The minimum Gasteiger partial charge on any atom is -0.488 e. The van der Waals surface area contributed by atoms with Gasteiger partial charge in [0.05, 0.1) is 29.4 Å². The van der Waals surface area contributed by atoms with Gasteiger partial charge in [0.1, 0.15) is 17.9 Å². The second-order valence-electron chi connectivity index (χ2n) is 12.9. The number of carbonyl (C=O) groups is 1. The minimum atomic E-state index is -1.06. The molecular weight excluding hydrogens is 663 g/mol. The quantitative estimate of drug-likeness (QED) is 0.134. The van der Waals surface area contributed by atoms with E-state index in [-0.39, 0.29) is 18.3 Å². The molecule has 9 nitrogen and oxygen atoms in total. The topological polar surface area (TPSA) is 81.6 Å². The molecule has 1 aliphatic rings. The highest BCUT2D eigenvalue weighted by molar-refractivity contribution is 5.93. The number of aromatic carboxylic acids is 1. The van der Waals surface area contributed by atoms with Crippen molar-refractivity contribution in [2.24, 2.45) is 0 Å². The van der Waals surface area contributed by atoms with Crippen LogP contribution in [0.2, 0.25) is 0 Å². The van der Waals surface area contributed by atoms with Crippen molar-refractivity contribution in [3.8, 4) is 16.9 Å². The number of hydrogen-bond acceptors (Lipinski definition) is 8. The first-order chi connectivity index (χ1) is 25.9. The van der Waals surface area contributed by atoms with Crippen molar-refractivity contribution in [1.29, 1.82) is 0 Å². The summed E-state index contributed by atoms with van der Waals surface area (Å²) in [7, 11) is 3.68. The smallest absolute Gasteiger partial charge is 0.341 e. The molecule has 7 rings (SSSR count). The Hall–Kier alpha value is -6.16. The van der Waals surface area contributed by atoms with E-state index in [1.54, 1.807) is 7.11 Å². The lowest BCUT2D eigenvalue weighted by Crippen LogP contribution is -2.45. The number of pyridine rings is 1. The number of para-hydroxylation sites is 3. The van der Waals surface area contributed by atoms with Crippen molar-refractivity contribution in [2.75, 3.05) is 35.9 Å². The predicted molar refractivity (Wildman–Crippen MR) is 210 cm³/mol. The molecule has 6 aromatic rings. The average Bonchev–Trinajstić information content (AvgIpc) is 3.51. The molecule has 1 atom stereocenters. The van der Waals surface area contributed by atoms with E-state index in [0.717, 1.165) is 45.0 Å². The molecule has 1 fully saturated rings. The van der Waals surface area contributed by atoms with Crippen LogP contribution in [0.1, 0.15) is 44.6 Å². The number of carboxylic acids is 1. The minimum absolute atomic E-state index is 0.0905. The zero-order chi connectivity index (χ0) is 36.9. The normalized spacial score (nSPS) is 14.5. The third-order valence-electron chi connectivity index (χ3n) is 9.63. The van der Waals surface area contributed by atoms with Crippen molar-refractivity contribution >= 4 is 23.0 Å². The number of anilines is 3. The molecule has 0 bridgehead atoms. The number of nitrogens with zero attached hydrogens (tertiary/aromatic N) is 5. The third-order valence-corrected chi connectivity index (χ3v) is 9.63. The molecule has 1 aliphatic heterocycles. The molecule has 1 aromatic heterocycles. The van der Waals surface area contributed by atoms with Crippen LogP contribution in [0.25, 0.3) is 11.1 Å². The zero-order valence-electron chi connectivity index (χ0n) is 30.4. The Morgan fingerprint density at radius 3 is 1.91 bits per heavy atom. The highest BCUT2D eigenvalue weighted by atomic mass is 16.5. The first kappa shape index (κ1) is 35.3. The lowest BCUT2D eigenvalue weighted by atomic mass is 9.96. The van der Waals surface area contributed by atoms with Gasteiger partial charge in [0, 0.05) is 37.4 Å². The van der Waals surface area contributed by atoms with Gasteiger partial charge in [-0.3, -0.25) is 9.99 Å². The fourth-order valence-electron chi connectivity index (χ4n) is 6.96. The summed E-state index contributed by atoms with van der Waals surface area (Å²) in [6.45, 7) is 4.29. The Bertz CT molecular complexity index is 2160. The van der Waals surface area contributed by atoms with E-state index in [9.17, 15) is 9.90 Å². The number of aryl methyl sites for hydroxylation is 1. The predicted octanol–water partition coefficient (Wildman–Crippen LogP) is 9.04. The molecular formula is C44H43N5O4. The van der Waals surface area contributed by atoms with Gasteiger partial charge >= 0.3 is 5.97 Å². The summed E-state index contributed by atoms with van der Waals surface area (Å²) in [5, 5.41) is 19.2. The Morgan fingerprint density at radius 1 is 0.736 bits per heavy atom. The van der Waals surface area contributed by atoms with Gasteiger partial charge in [-0.2, -0.15) is 5.12 Å². The number of rotatable bonds is 12. The van der Waals surface area contributed by atoms with E-state index in [4.69, 9.17) is 9.47 Å². The second kappa shape index (κ2) is 15.6. The molecule has 53 heavy (non-hydrogen) atoms. The highest BCUT2D eigenvalue weighted by Crippen LogP contribution is 2.46. The Morgan fingerprint density at radius 2 is 1.30 bits per heavy atom. The number of hydrogen-bond donors (Lipinski definition) is 1. The van der Waals surface area contributed by atoms with Gasteiger partial charge in [0.2, 0.25) is 0 Å². The first-order valence-corrected chi connectivity index (χ1v) is 17.7. The van der Waals surface area contributed by atoms with Crippen LogP contribution in [0.4, 0.5) is 17.1 Å². The SMILES string of the molecule is COCCc1nc(C)c(C)c(OCc2ccc(-c3ccccc3C3N(c4ccccc4)N(C)N(c4ccccc4)N3c3ccccc3)cc2)c1C(=O)O. The molecule has 0 radical (unpaired) electrons. The molecule has 1 saturated heterocycles. The van der Waals surface area contributed by atoms with Crippen LogP contribution in [0, 0.1) is 13.8 Å². The zero-order valence-corrected chi connectivity index (χ0v) is 30.4. The van der Waals surface area contributed by atoms with Gasteiger partial charge in [-0.25, -0.2) is 9.80 Å². The average molecular weight is 706 g/mol. The van der Waals surface area contributed by atoms with E-state index >= 15 is 0 Å². The maximum atomic E-state index is 12.4. The van der Waals surface area contributed by atoms with Crippen LogP contribution >= 0.6 is 0 Å². The van der Waals surface area contributed by atoms with Gasteiger partial charge < -0.3 is 14.6 Å². The first-order valence-electron chi connectivity index (χ1n) is 17.7. The maximum absolute atomic E-state index is 12.4. The van der Waals surface area contributed by atoms with Crippen LogP contribution in [-0.2, 0) is 17.8 Å². The summed E-state index contributed by atoms with van der Waals surface area (Å²) in [4.78, 5) is 17.0. The number of benzene rings is 5. The van der Waals surface area contributed by atoms with Gasteiger partial charge in [-0.1, -0.05) is 103 Å². The summed E-state index contributed by atoms with van der Waals surface area (Å²) in [6.07, 6.45) is 0.122. The molecule has 0 saturated carbocycles. The van der Waals surface area contributed by atoms with E-state index in [1.165, 1.54) is 0 Å². The van der Waals surface area contributed by atoms with Crippen molar-refractivity contribution in [2.45, 2.75) is 33.0 Å². The molecule has 0 amide bonds. The summed E-state index contributed by atoms with van der Waals surface area (Å²) < 4.78 is 11.5. The van der Waals surface area contributed by atoms with Gasteiger partial charge in [-0.05, 0) is 66.9 Å². The monoisotopic (exact) mass is 705 g/mol. The van der Waals surface area contributed by atoms with E-state index in [1.807, 2.05) is 44.2 Å². The summed E-state index contributed by atoms with van der Waals surface area (Å²) in [5.41, 5.74) is 9.30. The summed E-state index contributed by atoms with van der Waals surface area (Å²) in [5.74, 6) is -0.716. The molecule has 0 aliphatic carbocycles. The molecule has 2 heterocycles. The van der Waals surface area contributed by atoms with Gasteiger partial charge in [0.15, 0.2) is 6.17 Å². The third kappa shape index (κ3) is 7.04. The largest absolute Gasteiger partial charge is 0.488 e. The van der Waals surface area contributed by atoms with Crippen LogP contribution in [0.15, 0.2) is 140 Å². The van der Waals surface area contributed by atoms with Crippen molar-refractivity contribution in [1.82, 2.24) is 10.1 Å². The maximum Gasteiger partial charge on any atom is 0.341 e. The van der Waals surface area contributed by atoms with Crippen LogP contribution in [-0.4, -0.2) is 41.9 Å². The lowest BCUT2D eigenvalue weighted by molar-refractivity contribution is 0.0689. The Labute approximate surface area is 310 Å². The lowest BCUT2D eigenvalue weighted by Gasteiger charge is -2.34. The van der Waals surface area contributed by atoms with Crippen LogP contribution in [0.3, 0.4) is 0 Å². The summed E-state index contributed by atoms with van der Waals surface area (Å²) >= 11 is 0. The molecule has 5 aromatic carbocycles. The van der Waals surface area contributed by atoms with E-state index in [0.29, 0.717) is 30.0 Å². The number of hydrazine groups is 3. The van der Waals surface area contributed by atoms with Gasteiger partial charge in [0.25, 0.3) is 0 Å². The fourth-order valence-corrected chi connectivity index (χ4v) is 6.96. The molecule has 1 unspecified atom stereocenters. The van der Waals surface area contributed by atoms with Crippen molar-refractivity contribution < 1.29 is 19.4 Å². The van der Waals surface area contributed by atoms with Crippen LogP contribution in [0.5, 0.6) is 5.75 Å². The second-order valence-corrected chi connectivity index (χ2v) is 12.9. The Kier molecular flexibility index (Phi) is 10.4. The standard InChI is InChI=1S/C44H43N5O4/c1-31-32(2)45-40(28-29-52-4)41(44(50)51)42(31)53-30-33-24-26-34(27-25-33)38-22-14-15-23-39(38)43-47(35-16-8-5-9-17-35)46(3)49(37-20-12-7-13-21-37)48(43)36-18-10-6-11-19-36/h5-27,43H,28-30H2,1-4H3,(H,50,51). The van der Waals surface area contributed by atoms with Crippen molar-refractivity contribution in [3.05, 3.63) is 173 Å². The van der Waals surface area contributed by atoms with E-state index in [2.05, 4.69) is 141 Å². The highest BCUT2D eigenvalue weighted by Gasteiger charge is 2.45. The van der Waals surface area contributed by atoms with E-state index < -0.39 is 5.97 Å². The molecule has 268 valence electrons. The van der Waals surface area contributed by atoms with Crippen molar-refractivity contribution in [3.63, 3.8) is 0 Å².